The Hall–Kier alpha value is -2.05. The molecular weight excluding hydrogens is 346 g/mol. The van der Waals surface area contributed by atoms with Gasteiger partial charge in [0, 0.05) is 17.1 Å². The van der Waals surface area contributed by atoms with Crippen molar-refractivity contribution >= 4 is 29.1 Å². The highest BCUT2D eigenvalue weighted by atomic mass is 35.5. The van der Waals surface area contributed by atoms with E-state index < -0.39 is 0 Å². The normalized spacial score (nSPS) is 12.3. The highest BCUT2D eigenvalue weighted by molar-refractivity contribution is 8.00. The van der Waals surface area contributed by atoms with Crippen LogP contribution < -0.4 is 0 Å². The number of carbonyl (C=O) groups excluding carboxylic acids is 1. The molecule has 0 bridgehead atoms. The Morgan fingerprint density at radius 1 is 1.29 bits per heavy atom. The monoisotopic (exact) mass is 361 g/mol. The van der Waals surface area contributed by atoms with Gasteiger partial charge in [-0.05, 0) is 50.2 Å². The van der Waals surface area contributed by atoms with Gasteiger partial charge in [-0.2, -0.15) is 0 Å². The Morgan fingerprint density at radius 3 is 2.67 bits per heavy atom. The molecule has 1 atom stereocenters. The Labute approximate surface area is 149 Å². The van der Waals surface area contributed by atoms with Crippen molar-refractivity contribution in [1.82, 2.24) is 14.8 Å². The van der Waals surface area contributed by atoms with Gasteiger partial charge >= 0.3 is 0 Å². The minimum atomic E-state index is -0.287. The van der Waals surface area contributed by atoms with Gasteiger partial charge in [-0.3, -0.25) is 9.36 Å². The molecule has 0 aliphatic carbocycles. The van der Waals surface area contributed by atoms with Crippen molar-refractivity contribution in [1.29, 1.82) is 0 Å². The smallest absolute Gasteiger partial charge is 0.200 e. The van der Waals surface area contributed by atoms with E-state index in [9.17, 15) is 4.79 Å². The number of aromatic nitrogens is 3. The molecule has 0 fully saturated rings. The highest BCUT2D eigenvalue weighted by Crippen LogP contribution is 2.28. The minimum Gasteiger partial charge on any atom is -0.461 e. The molecule has 0 radical (unpaired) electrons. The molecule has 3 aromatic rings. The van der Waals surface area contributed by atoms with E-state index >= 15 is 0 Å². The van der Waals surface area contributed by atoms with Crippen LogP contribution in [0.15, 0.2) is 52.2 Å². The average Bonchev–Trinajstić information content (AvgIpc) is 3.23. The van der Waals surface area contributed by atoms with Gasteiger partial charge in [0.25, 0.3) is 0 Å². The molecule has 0 amide bonds. The number of hydrogen-bond donors (Lipinski definition) is 0. The average molecular weight is 362 g/mol. The Morgan fingerprint density at radius 2 is 2.04 bits per heavy atom. The van der Waals surface area contributed by atoms with Gasteiger partial charge < -0.3 is 4.42 Å². The van der Waals surface area contributed by atoms with Gasteiger partial charge in [-0.1, -0.05) is 23.4 Å². The third kappa shape index (κ3) is 3.39. The molecule has 2 aromatic heterocycles. The van der Waals surface area contributed by atoms with Crippen LogP contribution in [0.1, 0.15) is 24.2 Å². The van der Waals surface area contributed by atoms with E-state index in [2.05, 4.69) is 10.2 Å². The lowest BCUT2D eigenvalue weighted by Gasteiger charge is -2.11. The van der Waals surface area contributed by atoms with Crippen molar-refractivity contribution in [3.05, 3.63) is 53.2 Å². The quantitative estimate of drug-likeness (QED) is 0.475. The van der Waals surface area contributed by atoms with Crippen LogP contribution in [0, 0.1) is 0 Å². The highest BCUT2D eigenvalue weighted by Gasteiger charge is 2.22. The van der Waals surface area contributed by atoms with Crippen LogP contribution in [0.25, 0.3) is 11.6 Å². The number of halogens is 1. The van der Waals surface area contributed by atoms with Crippen LogP contribution in [0.2, 0.25) is 5.02 Å². The second-order valence-electron chi connectivity index (χ2n) is 5.16. The number of benzene rings is 1. The second kappa shape index (κ2) is 7.23. The zero-order chi connectivity index (χ0) is 17.1. The predicted molar refractivity (Wildman–Crippen MR) is 94.5 cm³/mol. The largest absolute Gasteiger partial charge is 0.461 e. The van der Waals surface area contributed by atoms with Gasteiger partial charge in [-0.25, -0.2) is 0 Å². The molecule has 5 nitrogen and oxygen atoms in total. The molecule has 0 N–H and O–H groups in total. The number of Topliss-reactive ketones (excluding diaryl/α,β-unsaturated/α-hetero) is 1. The first-order valence-electron chi connectivity index (χ1n) is 7.53. The molecule has 1 aromatic carbocycles. The van der Waals surface area contributed by atoms with Crippen molar-refractivity contribution in [2.24, 2.45) is 0 Å². The number of rotatable bonds is 6. The van der Waals surface area contributed by atoms with E-state index in [4.69, 9.17) is 16.0 Å². The molecule has 24 heavy (non-hydrogen) atoms. The fourth-order valence-corrected chi connectivity index (χ4v) is 3.43. The summed E-state index contributed by atoms with van der Waals surface area (Å²) in [7, 11) is 0. The number of thioether (sulfide) groups is 1. The fourth-order valence-electron chi connectivity index (χ4n) is 2.31. The Bertz CT molecular complexity index is 828. The molecule has 7 heteroatoms. The van der Waals surface area contributed by atoms with Gasteiger partial charge in [-0.15, -0.1) is 10.2 Å². The number of furan rings is 1. The first-order chi connectivity index (χ1) is 11.6. The van der Waals surface area contributed by atoms with E-state index in [1.807, 2.05) is 30.5 Å². The molecule has 3 rings (SSSR count). The number of ketones is 1. The van der Waals surface area contributed by atoms with E-state index in [0.29, 0.717) is 33.9 Å². The van der Waals surface area contributed by atoms with Gasteiger partial charge in [0.1, 0.15) is 0 Å². The number of nitrogens with zero attached hydrogens (tertiary/aromatic N) is 3. The lowest BCUT2D eigenvalue weighted by molar-refractivity contribution is 0.0994. The molecule has 0 saturated heterocycles. The summed E-state index contributed by atoms with van der Waals surface area (Å²) in [5.74, 6) is 1.35. The van der Waals surface area contributed by atoms with Crippen LogP contribution in [-0.2, 0) is 6.54 Å². The maximum absolute atomic E-state index is 12.6. The molecule has 0 aliphatic heterocycles. The first-order valence-corrected chi connectivity index (χ1v) is 8.79. The third-order valence-corrected chi connectivity index (χ3v) is 4.89. The standard InChI is InChI=1S/C17H16ClN3O2S/c1-3-21-16(14-5-4-10-23-14)19-20-17(21)24-11(2)15(22)12-6-8-13(18)9-7-12/h4-11H,3H2,1-2H3/t11-/m0/s1. The van der Waals surface area contributed by atoms with Gasteiger partial charge in [0.15, 0.2) is 22.5 Å². The topological polar surface area (TPSA) is 60.9 Å². The van der Waals surface area contributed by atoms with Crippen molar-refractivity contribution in [2.75, 3.05) is 0 Å². The number of carbonyl (C=O) groups is 1. The summed E-state index contributed by atoms with van der Waals surface area (Å²) in [5, 5.41) is 9.43. The molecule has 2 heterocycles. The van der Waals surface area contributed by atoms with E-state index in [0.717, 1.165) is 0 Å². The summed E-state index contributed by atoms with van der Waals surface area (Å²) in [6.45, 7) is 4.56. The second-order valence-corrected chi connectivity index (χ2v) is 6.90. The maximum atomic E-state index is 12.6. The van der Waals surface area contributed by atoms with Gasteiger partial charge in [0.2, 0.25) is 0 Å². The van der Waals surface area contributed by atoms with Gasteiger partial charge in [0.05, 0.1) is 11.5 Å². The minimum absolute atomic E-state index is 0.0295. The zero-order valence-corrected chi connectivity index (χ0v) is 14.8. The van der Waals surface area contributed by atoms with Crippen molar-refractivity contribution in [3.8, 4) is 11.6 Å². The summed E-state index contributed by atoms with van der Waals surface area (Å²) in [6, 6.07) is 10.6. The van der Waals surface area contributed by atoms with Crippen molar-refractivity contribution in [2.45, 2.75) is 30.8 Å². The summed E-state index contributed by atoms with van der Waals surface area (Å²) in [4.78, 5) is 12.6. The third-order valence-electron chi connectivity index (χ3n) is 3.55. The van der Waals surface area contributed by atoms with Crippen LogP contribution in [-0.4, -0.2) is 25.8 Å². The van der Waals surface area contributed by atoms with E-state index in [1.54, 1.807) is 30.5 Å². The molecule has 0 aliphatic rings. The molecular formula is C17H16ClN3O2S. The molecule has 0 unspecified atom stereocenters. The van der Waals surface area contributed by atoms with Crippen molar-refractivity contribution in [3.63, 3.8) is 0 Å². The van der Waals surface area contributed by atoms with Crippen LogP contribution in [0.3, 0.4) is 0 Å². The van der Waals surface area contributed by atoms with Crippen molar-refractivity contribution < 1.29 is 9.21 Å². The summed E-state index contributed by atoms with van der Waals surface area (Å²) >= 11 is 7.26. The van der Waals surface area contributed by atoms with Crippen LogP contribution in [0.5, 0.6) is 0 Å². The molecule has 124 valence electrons. The Balaban J connectivity index is 1.80. The fraction of sp³-hybridized carbons (Fsp3) is 0.235. The number of hydrogen-bond acceptors (Lipinski definition) is 5. The molecule has 0 saturated carbocycles. The van der Waals surface area contributed by atoms with Crippen LogP contribution in [0.4, 0.5) is 0 Å². The lowest BCUT2D eigenvalue weighted by atomic mass is 10.1. The maximum Gasteiger partial charge on any atom is 0.200 e. The molecule has 0 spiro atoms. The lowest BCUT2D eigenvalue weighted by Crippen LogP contribution is -2.14. The predicted octanol–water partition coefficient (Wildman–Crippen LogP) is 4.57. The van der Waals surface area contributed by atoms with E-state index in [1.165, 1.54) is 11.8 Å². The summed E-state index contributed by atoms with van der Waals surface area (Å²) < 4.78 is 7.34. The summed E-state index contributed by atoms with van der Waals surface area (Å²) in [6.07, 6.45) is 1.60. The first kappa shape index (κ1) is 16.8. The van der Waals surface area contributed by atoms with Crippen LogP contribution >= 0.6 is 23.4 Å². The van der Waals surface area contributed by atoms with E-state index in [-0.39, 0.29) is 11.0 Å². The summed E-state index contributed by atoms with van der Waals surface area (Å²) in [5.41, 5.74) is 0.633. The zero-order valence-electron chi connectivity index (χ0n) is 13.3. The Kier molecular flexibility index (Phi) is 5.06. The SMILES string of the molecule is CCn1c(S[C@@H](C)C(=O)c2ccc(Cl)cc2)nnc1-c1ccco1.